The number of fused-ring (bicyclic) bond motifs is 4. The molecule has 0 saturated carbocycles. The highest BCUT2D eigenvalue weighted by atomic mass is 16.3. The molecule has 0 unspecified atom stereocenters. The quantitative estimate of drug-likeness (QED) is 0.645. The molecule has 7 nitrogen and oxygen atoms in total. The summed E-state index contributed by atoms with van der Waals surface area (Å²) in [5.41, 5.74) is 1.28. The molecule has 2 saturated heterocycles. The smallest absolute Gasteiger partial charge is 0.291 e. The van der Waals surface area contributed by atoms with Crippen LogP contribution in [0.4, 0.5) is 5.69 Å². The molecule has 3 amide bonds. The number of rotatable bonds is 4. The number of quaternary nitrogens is 1. The number of imide groups is 1. The van der Waals surface area contributed by atoms with Gasteiger partial charge in [-0.3, -0.25) is 19.3 Å². The zero-order valence-electron chi connectivity index (χ0n) is 17.5. The summed E-state index contributed by atoms with van der Waals surface area (Å²) in [6.45, 7) is 3.83. The zero-order valence-corrected chi connectivity index (χ0v) is 17.5. The highest BCUT2D eigenvalue weighted by molar-refractivity contribution is 6.14. The van der Waals surface area contributed by atoms with E-state index in [1.807, 2.05) is 55.6 Å². The van der Waals surface area contributed by atoms with Gasteiger partial charge in [0, 0.05) is 18.0 Å². The largest absolute Gasteiger partial charge is 0.508 e. The molecular weight excluding hydrogens is 394 g/mol. The van der Waals surface area contributed by atoms with Crippen molar-refractivity contribution in [3.63, 3.8) is 0 Å². The monoisotopic (exact) mass is 420 g/mol. The van der Waals surface area contributed by atoms with E-state index in [9.17, 15) is 19.5 Å². The van der Waals surface area contributed by atoms with Gasteiger partial charge in [0.15, 0.2) is 0 Å². The predicted octanol–water partition coefficient (Wildman–Crippen LogP) is 1.13. The average molecular weight is 420 g/mol. The van der Waals surface area contributed by atoms with E-state index in [1.54, 1.807) is 12.1 Å². The molecule has 2 aromatic carbocycles. The molecule has 3 heterocycles. The first-order valence-corrected chi connectivity index (χ1v) is 10.8. The van der Waals surface area contributed by atoms with Gasteiger partial charge in [-0.25, -0.2) is 0 Å². The van der Waals surface area contributed by atoms with Gasteiger partial charge in [-0.15, -0.1) is 0 Å². The number of nitrogens with two attached hydrogens (primary N) is 1. The molecule has 0 aliphatic carbocycles. The van der Waals surface area contributed by atoms with E-state index in [4.69, 9.17) is 0 Å². The topological polar surface area (TPSA) is 103 Å². The van der Waals surface area contributed by atoms with E-state index in [2.05, 4.69) is 5.32 Å². The summed E-state index contributed by atoms with van der Waals surface area (Å²) in [7, 11) is 0. The van der Waals surface area contributed by atoms with Crippen LogP contribution in [0.3, 0.4) is 0 Å². The van der Waals surface area contributed by atoms with Crippen LogP contribution in [0.2, 0.25) is 0 Å². The first kappa shape index (κ1) is 19.8. The molecule has 7 heteroatoms. The second-order valence-corrected chi connectivity index (χ2v) is 8.88. The summed E-state index contributed by atoms with van der Waals surface area (Å²) in [5, 5.41) is 14.5. The summed E-state index contributed by atoms with van der Waals surface area (Å²) in [5.74, 6) is -1.80. The lowest BCUT2D eigenvalue weighted by atomic mass is 9.76. The van der Waals surface area contributed by atoms with Gasteiger partial charge in [0.2, 0.25) is 17.4 Å². The lowest BCUT2D eigenvalue weighted by molar-refractivity contribution is -0.733. The summed E-state index contributed by atoms with van der Waals surface area (Å²) >= 11 is 0. The van der Waals surface area contributed by atoms with E-state index >= 15 is 0 Å². The van der Waals surface area contributed by atoms with Gasteiger partial charge in [-0.1, -0.05) is 37.3 Å². The summed E-state index contributed by atoms with van der Waals surface area (Å²) in [6, 6.07) is 13.8. The SMILES string of the molecule is CC[C@@H](C)N1C(=O)[C@H]2[C@@H](C1=O)[C@@]1([NH2+][C@@H]2Cc2ccc(O)cc2)C(=O)Nc2ccccc21. The van der Waals surface area contributed by atoms with Crippen molar-refractivity contribution in [3.05, 3.63) is 59.7 Å². The number of hydrogen-bond acceptors (Lipinski definition) is 4. The van der Waals surface area contributed by atoms with Crippen LogP contribution in [-0.2, 0) is 26.3 Å². The number of carbonyl (C=O) groups excluding carboxylic acids is 3. The van der Waals surface area contributed by atoms with Gasteiger partial charge >= 0.3 is 0 Å². The molecule has 2 aromatic rings. The highest BCUT2D eigenvalue weighted by Gasteiger charge is 2.74. The number of likely N-dealkylation sites (tertiary alicyclic amines) is 1. The molecular formula is C24H26N3O4+. The van der Waals surface area contributed by atoms with Crippen molar-refractivity contribution in [2.75, 3.05) is 5.32 Å². The summed E-state index contributed by atoms with van der Waals surface area (Å²) in [4.78, 5) is 41.9. The summed E-state index contributed by atoms with van der Waals surface area (Å²) < 4.78 is 0. The van der Waals surface area contributed by atoms with Crippen LogP contribution in [0.5, 0.6) is 5.75 Å². The Kier molecular flexibility index (Phi) is 4.41. The number of nitrogens with one attached hydrogen (secondary N) is 1. The molecule has 5 atom stereocenters. The average Bonchev–Trinajstić information content (AvgIpc) is 3.34. The number of benzene rings is 2. The van der Waals surface area contributed by atoms with Crippen molar-refractivity contribution in [1.29, 1.82) is 0 Å². The van der Waals surface area contributed by atoms with Crippen LogP contribution in [0, 0.1) is 11.8 Å². The minimum Gasteiger partial charge on any atom is -0.508 e. The number of hydrogen-bond donors (Lipinski definition) is 3. The zero-order chi connectivity index (χ0) is 21.9. The molecule has 0 aromatic heterocycles. The first-order valence-electron chi connectivity index (χ1n) is 10.8. The lowest BCUT2D eigenvalue weighted by Gasteiger charge is -2.28. The fourth-order valence-corrected chi connectivity index (χ4v) is 5.65. The highest BCUT2D eigenvalue weighted by Crippen LogP contribution is 2.49. The molecule has 3 aliphatic rings. The van der Waals surface area contributed by atoms with Gasteiger partial charge in [0.1, 0.15) is 23.6 Å². The molecule has 0 bridgehead atoms. The maximum absolute atomic E-state index is 13.6. The molecule has 160 valence electrons. The van der Waals surface area contributed by atoms with E-state index in [-0.39, 0.29) is 35.6 Å². The van der Waals surface area contributed by atoms with Crippen molar-refractivity contribution >= 4 is 23.4 Å². The molecule has 3 aliphatic heterocycles. The molecule has 0 radical (unpaired) electrons. The number of carbonyl (C=O) groups is 3. The third kappa shape index (κ3) is 2.66. The fourth-order valence-electron chi connectivity index (χ4n) is 5.65. The van der Waals surface area contributed by atoms with Gasteiger partial charge in [0.25, 0.3) is 5.91 Å². The number of aromatic hydroxyl groups is 1. The number of phenols is 1. The maximum atomic E-state index is 13.6. The van der Waals surface area contributed by atoms with Crippen LogP contribution in [-0.4, -0.2) is 39.8 Å². The number of amides is 3. The lowest BCUT2D eigenvalue weighted by Crippen LogP contribution is -2.99. The number of para-hydroxylation sites is 1. The Balaban J connectivity index is 1.62. The van der Waals surface area contributed by atoms with Gasteiger partial charge in [-0.2, -0.15) is 0 Å². The van der Waals surface area contributed by atoms with E-state index in [1.165, 1.54) is 4.90 Å². The number of nitrogens with zero attached hydrogens (tertiary/aromatic N) is 1. The van der Waals surface area contributed by atoms with Crippen molar-refractivity contribution in [2.24, 2.45) is 11.8 Å². The minimum absolute atomic E-state index is 0.174. The fraction of sp³-hybridized carbons (Fsp3) is 0.375. The van der Waals surface area contributed by atoms with Crippen LogP contribution in [0.1, 0.15) is 31.4 Å². The Morgan fingerprint density at radius 3 is 2.52 bits per heavy atom. The van der Waals surface area contributed by atoms with Crippen molar-refractivity contribution in [1.82, 2.24) is 4.90 Å². The standard InChI is InChI=1S/C24H25N3O4/c1-3-13(2)27-21(29)19-18(12-14-8-10-15(28)11-9-14)26-24(20(19)22(27)30)16-6-4-5-7-17(16)25-23(24)31/h4-11,13,18-20,26,28H,3,12H2,1-2H3,(H,25,31)/p+1/t13-,18-,19-,20+,24-/m1/s1. The molecule has 2 fully saturated rings. The van der Waals surface area contributed by atoms with E-state index < -0.39 is 17.4 Å². The Hall–Kier alpha value is -3.19. The van der Waals surface area contributed by atoms with Gasteiger partial charge in [0.05, 0.1) is 5.69 Å². The third-order valence-corrected chi connectivity index (χ3v) is 7.25. The van der Waals surface area contributed by atoms with Gasteiger partial charge < -0.3 is 15.7 Å². The number of anilines is 1. The molecule has 5 rings (SSSR count). The minimum atomic E-state index is -1.14. The first-order chi connectivity index (χ1) is 14.9. The molecule has 31 heavy (non-hydrogen) atoms. The van der Waals surface area contributed by atoms with Crippen molar-refractivity contribution in [2.45, 2.75) is 44.3 Å². The molecule has 4 N–H and O–H groups in total. The van der Waals surface area contributed by atoms with Crippen LogP contribution in [0.25, 0.3) is 0 Å². The van der Waals surface area contributed by atoms with Crippen LogP contribution >= 0.6 is 0 Å². The third-order valence-electron chi connectivity index (χ3n) is 7.25. The maximum Gasteiger partial charge on any atom is 0.291 e. The van der Waals surface area contributed by atoms with Crippen molar-refractivity contribution in [3.8, 4) is 5.75 Å². The Morgan fingerprint density at radius 2 is 1.81 bits per heavy atom. The van der Waals surface area contributed by atoms with Gasteiger partial charge in [-0.05, 0) is 37.1 Å². The summed E-state index contributed by atoms with van der Waals surface area (Å²) in [6.07, 6.45) is 1.19. The Morgan fingerprint density at radius 1 is 1.10 bits per heavy atom. The van der Waals surface area contributed by atoms with E-state index in [0.717, 1.165) is 11.1 Å². The van der Waals surface area contributed by atoms with Crippen molar-refractivity contribution < 1.29 is 24.8 Å². The second-order valence-electron chi connectivity index (χ2n) is 8.88. The Labute approximate surface area is 180 Å². The second kappa shape index (κ2) is 6.92. The molecule has 1 spiro atoms. The Bertz CT molecular complexity index is 1080. The number of phenolic OH excluding ortho intramolecular Hbond substituents is 1. The predicted molar refractivity (Wildman–Crippen MR) is 113 cm³/mol. The van der Waals surface area contributed by atoms with E-state index in [0.29, 0.717) is 18.5 Å². The van der Waals surface area contributed by atoms with Crippen LogP contribution < -0.4 is 10.6 Å². The normalized spacial score (nSPS) is 29.9. The van der Waals surface area contributed by atoms with Crippen LogP contribution in [0.15, 0.2) is 48.5 Å².